The van der Waals surface area contributed by atoms with Crippen LogP contribution in [0.3, 0.4) is 0 Å². The molecule has 26 heavy (non-hydrogen) atoms. The van der Waals surface area contributed by atoms with E-state index in [1.165, 1.54) is 5.56 Å². The monoisotopic (exact) mass is 360 g/mol. The predicted molar refractivity (Wildman–Crippen MR) is 103 cm³/mol. The second-order valence-corrected chi connectivity index (χ2v) is 8.49. The van der Waals surface area contributed by atoms with Crippen LogP contribution in [0.2, 0.25) is 0 Å². The molecule has 1 aromatic rings. The Kier molecular flexibility index (Phi) is 5.10. The quantitative estimate of drug-likeness (QED) is 0.891. The van der Waals surface area contributed by atoms with Gasteiger partial charge in [-0.05, 0) is 34.1 Å². The van der Waals surface area contributed by atoms with E-state index in [0.717, 1.165) is 37.7 Å². The largest absolute Gasteiger partial charge is 0.347 e. The number of carbonyl (C=O) groups excluding carboxylic acids is 1. The van der Waals surface area contributed by atoms with Crippen LogP contribution in [0, 0.1) is 0 Å². The lowest BCUT2D eigenvalue weighted by molar-refractivity contribution is 0.136. The van der Waals surface area contributed by atoms with Crippen molar-refractivity contribution in [3.63, 3.8) is 0 Å². The minimum atomic E-state index is -0.111. The molecule has 0 aromatic carbocycles. The molecule has 7 nitrogen and oxygen atoms in total. The summed E-state index contributed by atoms with van der Waals surface area (Å²) in [6, 6.07) is 0.626. The van der Waals surface area contributed by atoms with Crippen LogP contribution in [0.1, 0.15) is 45.4 Å². The summed E-state index contributed by atoms with van der Waals surface area (Å²) in [5, 5.41) is 3.03. The van der Waals surface area contributed by atoms with Crippen molar-refractivity contribution in [1.82, 2.24) is 25.1 Å². The minimum absolute atomic E-state index is 0.0296. The molecule has 1 atom stereocenters. The fraction of sp³-hybridized carbons (Fsp3) is 0.737. The fourth-order valence-corrected chi connectivity index (χ4v) is 4.00. The number of anilines is 1. The van der Waals surface area contributed by atoms with Crippen molar-refractivity contribution < 1.29 is 4.79 Å². The molecule has 1 N–H and O–H groups in total. The van der Waals surface area contributed by atoms with E-state index in [9.17, 15) is 4.79 Å². The average molecular weight is 361 g/mol. The first-order chi connectivity index (χ1) is 12.2. The summed E-state index contributed by atoms with van der Waals surface area (Å²) in [5.41, 5.74) is 2.22. The predicted octanol–water partition coefficient (Wildman–Crippen LogP) is 1.83. The Labute approximate surface area is 156 Å². The normalized spacial score (nSPS) is 23.0. The molecule has 1 aromatic heterocycles. The Bertz CT molecular complexity index is 674. The van der Waals surface area contributed by atoms with Crippen molar-refractivity contribution in [2.75, 3.05) is 38.6 Å². The van der Waals surface area contributed by atoms with E-state index in [-0.39, 0.29) is 17.5 Å². The van der Waals surface area contributed by atoms with Gasteiger partial charge in [-0.15, -0.1) is 0 Å². The van der Waals surface area contributed by atoms with Gasteiger partial charge in [0.05, 0.1) is 5.69 Å². The molecule has 0 unspecified atom stereocenters. The maximum Gasteiger partial charge on any atom is 0.317 e. The molecule has 2 aliphatic rings. The zero-order valence-corrected chi connectivity index (χ0v) is 16.9. The minimum Gasteiger partial charge on any atom is -0.347 e. The number of hydrogen-bond donors (Lipinski definition) is 1. The topological polar surface area (TPSA) is 64.6 Å². The fourth-order valence-electron chi connectivity index (χ4n) is 4.00. The zero-order chi connectivity index (χ0) is 19.1. The Morgan fingerprint density at radius 2 is 2.00 bits per heavy atom. The number of nitrogens with zero attached hydrogens (tertiary/aromatic N) is 5. The number of amides is 2. The molecule has 7 heteroatoms. The molecule has 2 aliphatic heterocycles. The molecular weight excluding hydrogens is 328 g/mol. The molecule has 0 saturated carbocycles. The lowest BCUT2D eigenvalue weighted by Crippen LogP contribution is -2.51. The molecule has 1 spiro atoms. The summed E-state index contributed by atoms with van der Waals surface area (Å²) in [6.45, 7) is 11.7. The number of hydrogen-bond acceptors (Lipinski definition) is 5. The summed E-state index contributed by atoms with van der Waals surface area (Å²) in [7, 11) is 3.93. The number of fused-ring (bicyclic) bond motifs is 2. The van der Waals surface area contributed by atoms with Gasteiger partial charge in [0.1, 0.15) is 0 Å². The maximum absolute atomic E-state index is 12.5. The smallest absolute Gasteiger partial charge is 0.317 e. The van der Waals surface area contributed by atoms with E-state index < -0.39 is 0 Å². The van der Waals surface area contributed by atoms with Crippen LogP contribution >= 0.6 is 0 Å². The summed E-state index contributed by atoms with van der Waals surface area (Å²) < 4.78 is 0. The highest BCUT2D eigenvalue weighted by Crippen LogP contribution is 2.41. The van der Waals surface area contributed by atoms with E-state index in [1.807, 2.05) is 43.9 Å². The van der Waals surface area contributed by atoms with Gasteiger partial charge in [0.2, 0.25) is 5.95 Å². The summed E-state index contributed by atoms with van der Waals surface area (Å²) in [4.78, 5) is 28.4. The second-order valence-electron chi connectivity index (χ2n) is 8.49. The molecule has 3 heterocycles. The molecule has 2 amide bonds. The van der Waals surface area contributed by atoms with Gasteiger partial charge < -0.3 is 15.1 Å². The van der Waals surface area contributed by atoms with Crippen molar-refractivity contribution in [3.8, 4) is 0 Å². The van der Waals surface area contributed by atoms with Crippen LogP contribution < -0.4 is 10.2 Å². The van der Waals surface area contributed by atoms with Crippen molar-refractivity contribution in [2.45, 2.75) is 58.2 Å². The van der Waals surface area contributed by atoms with E-state index in [2.05, 4.69) is 29.0 Å². The van der Waals surface area contributed by atoms with Crippen LogP contribution in [-0.4, -0.2) is 71.6 Å². The third-order valence-corrected chi connectivity index (χ3v) is 5.42. The third-order valence-electron chi connectivity index (χ3n) is 5.42. The third kappa shape index (κ3) is 3.49. The number of carbonyl (C=O) groups is 1. The Morgan fingerprint density at radius 1 is 1.27 bits per heavy atom. The Hall–Kier alpha value is -1.89. The van der Waals surface area contributed by atoms with Crippen LogP contribution in [0.4, 0.5) is 10.7 Å². The Morgan fingerprint density at radius 3 is 2.62 bits per heavy atom. The lowest BCUT2D eigenvalue weighted by atomic mass is 9.77. The number of aromatic nitrogens is 2. The van der Waals surface area contributed by atoms with E-state index >= 15 is 0 Å². The molecule has 0 radical (unpaired) electrons. The Balaban J connectivity index is 1.95. The summed E-state index contributed by atoms with van der Waals surface area (Å²) in [5.74, 6) is 0.742. The standard InChI is InChI=1S/C19H32N6O/c1-13(2)21-18(26)24-8-7-19(11-24)12-25(14(3)4)10-15-9-20-17(23(5)6)22-16(15)19/h9,13-14H,7-8,10-12H2,1-6H3,(H,21,26)/t19-/m0/s1. The first-order valence-electron chi connectivity index (χ1n) is 9.55. The van der Waals surface area contributed by atoms with Crippen LogP contribution in [0.15, 0.2) is 6.20 Å². The molecular formula is C19H32N6O. The second kappa shape index (κ2) is 7.02. The van der Waals surface area contributed by atoms with Crippen molar-refractivity contribution in [1.29, 1.82) is 0 Å². The van der Waals surface area contributed by atoms with E-state index in [4.69, 9.17) is 4.98 Å². The highest BCUT2D eigenvalue weighted by molar-refractivity contribution is 5.75. The first kappa shape index (κ1) is 18.9. The lowest BCUT2D eigenvalue weighted by Gasteiger charge is -2.42. The number of nitrogens with one attached hydrogen (secondary N) is 1. The highest BCUT2D eigenvalue weighted by atomic mass is 16.2. The van der Waals surface area contributed by atoms with Crippen LogP contribution in [-0.2, 0) is 12.0 Å². The van der Waals surface area contributed by atoms with E-state index in [0.29, 0.717) is 12.6 Å². The molecule has 144 valence electrons. The van der Waals surface area contributed by atoms with Crippen LogP contribution in [0.25, 0.3) is 0 Å². The molecule has 1 saturated heterocycles. The van der Waals surface area contributed by atoms with Crippen LogP contribution in [0.5, 0.6) is 0 Å². The van der Waals surface area contributed by atoms with Gasteiger partial charge in [-0.2, -0.15) is 0 Å². The molecule has 3 rings (SSSR count). The zero-order valence-electron chi connectivity index (χ0n) is 16.9. The maximum atomic E-state index is 12.5. The van der Waals surface area contributed by atoms with Gasteiger partial charge >= 0.3 is 6.03 Å². The first-order valence-corrected chi connectivity index (χ1v) is 9.55. The van der Waals surface area contributed by atoms with Gasteiger partial charge in [0.15, 0.2) is 0 Å². The average Bonchev–Trinajstić information content (AvgIpc) is 2.98. The number of urea groups is 1. The van der Waals surface area contributed by atoms with Gasteiger partial charge in [0, 0.05) is 69.5 Å². The molecule has 1 fully saturated rings. The summed E-state index contributed by atoms with van der Waals surface area (Å²) >= 11 is 0. The number of likely N-dealkylation sites (tertiary alicyclic amines) is 1. The highest BCUT2D eigenvalue weighted by Gasteiger charge is 2.48. The van der Waals surface area contributed by atoms with Gasteiger partial charge in [-0.1, -0.05) is 0 Å². The van der Waals surface area contributed by atoms with Crippen molar-refractivity contribution >= 4 is 12.0 Å². The molecule has 0 aliphatic carbocycles. The van der Waals surface area contributed by atoms with Gasteiger partial charge in [0.25, 0.3) is 0 Å². The van der Waals surface area contributed by atoms with Gasteiger partial charge in [-0.3, -0.25) is 4.90 Å². The summed E-state index contributed by atoms with van der Waals surface area (Å²) in [6.07, 6.45) is 2.92. The van der Waals surface area contributed by atoms with Gasteiger partial charge in [-0.25, -0.2) is 14.8 Å². The molecule has 0 bridgehead atoms. The van der Waals surface area contributed by atoms with Crippen molar-refractivity contribution in [3.05, 3.63) is 17.5 Å². The van der Waals surface area contributed by atoms with E-state index in [1.54, 1.807) is 0 Å². The SMILES string of the molecule is CC(C)NC(=O)N1CC[C@]2(C1)CN(C(C)C)Cc1cnc(N(C)C)nc12. The van der Waals surface area contributed by atoms with Crippen molar-refractivity contribution in [2.24, 2.45) is 0 Å². The number of rotatable bonds is 3.